The largest absolute Gasteiger partial charge is 0.309 e. The van der Waals surface area contributed by atoms with Crippen molar-refractivity contribution in [2.24, 2.45) is 0 Å². The molecule has 0 spiro atoms. The molecule has 0 aliphatic heterocycles. The topological polar surface area (TPSA) is 48.5 Å². The highest BCUT2D eigenvalue weighted by atomic mass is 32.1. The Balaban J connectivity index is 1.17. The Labute approximate surface area is 331 Å². The van der Waals surface area contributed by atoms with E-state index in [1.807, 2.05) is 72.0 Å². The Kier molecular flexibility index (Phi) is 7.03. The SMILES string of the molecule is c1ccc(-c2nc(-c3ccccc3)nc(-c3ccc(-n4c5ccccc5c5c6c7ccccc7sc6c6c(c7ccccc7n6-c6ccccc6)c54)cc3)n2)cc1. The van der Waals surface area contributed by atoms with Crippen LogP contribution in [0.25, 0.3) is 109 Å². The third-order valence-corrected chi connectivity index (χ3v) is 12.3. The highest BCUT2D eigenvalue weighted by molar-refractivity contribution is 7.27. The van der Waals surface area contributed by atoms with Crippen LogP contribution in [0.5, 0.6) is 0 Å². The van der Waals surface area contributed by atoms with Crippen LogP contribution in [0.3, 0.4) is 0 Å². The van der Waals surface area contributed by atoms with Gasteiger partial charge in [0.05, 0.1) is 26.8 Å². The predicted molar refractivity (Wildman–Crippen MR) is 238 cm³/mol. The van der Waals surface area contributed by atoms with E-state index >= 15 is 0 Å². The van der Waals surface area contributed by atoms with Gasteiger partial charge >= 0.3 is 0 Å². The maximum atomic E-state index is 5.02. The molecule has 0 aliphatic carbocycles. The highest BCUT2D eigenvalue weighted by Gasteiger charge is 2.26. The van der Waals surface area contributed by atoms with Crippen molar-refractivity contribution in [3.63, 3.8) is 0 Å². The van der Waals surface area contributed by atoms with Gasteiger partial charge in [0.15, 0.2) is 17.5 Å². The molecule has 8 aromatic carbocycles. The molecule has 12 aromatic rings. The minimum Gasteiger partial charge on any atom is -0.309 e. The van der Waals surface area contributed by atoms with E-state index < -0.39 is 0 Å². The zero-order valence-electron chi connectivity index (χ0n) is 30.5. The molecular weight excluding hydrogens is 715 g/mol. The van der Waals surface area contributed by atoms with Gasteiger partial charge in [-0.3, -0.25) is 0 Å². The fourth-order valence-corrected chi connectivity index (χ4v) is 9.95. The van der Waals surface area contributed by atoms with E-state index in [9.17, 15) is 0 Å². The van der Waals surface area contributed by atoms with Gasteiger partial charge in [0, 0.05) is 65.1 Å². The van der Waals surface area contributed by atoms with Gasteiger partial charge in [0.2, 0.25) is 0 Å². The first-order valence-corrected chi connectivity index (χ1v) is 19.9. The van der Waals surface area contributed by atoms with Crippen molar-refractivity contribution in [2.45, 2.75) is 0 Å². The van der Waals surface area contributed by atoms with Crippen molar-refractivity contribution < 1.29 is 0 Å². The van der Waals surface area contributed by atoms with Crippen molar-refractivity contribution in [3.8, 4) is 45.5 Å². The lowest BCUT2D eigenvalue weighted by Gasteiger charge is -2.12. The average Bonchev–Trinajstić information content (AvgIpc) is 3.95. The normalized spacial score (nSPS) is 11.9. The van der Waals surface area contributed by atoms with Gasteiger partial charge in [-0.25, -0.2) is 15.0 Å². The van der Waals surface area contributed by atoms with Crippen LogP contribution in [0, 0.1) is 0 Å². The summed E-state index contributed by atoms with van der Waals surface area (Å²) in [5, 5.41) is 7.58. The van der Waals surface area contributed by atoms with E-state index in [4.69, 9.17) is 15.0 Å². The van der Waals surface area contributed by atoms with E-state index in [2.05, 4.69) is 137 Å². The highest BCUT2D eigenvalue weighted by Crippen LogP contribution is 2.51. The monoisotopic (exact) mass is 745 g/mol. The second-order valence-electron chi connectivity index (χ2n) is 14.4. The van der Waals surface area contributed by atoms with Crippen LogP contribution in [0.2, 0.25) is 0 Å². The maximum absolute atomic E-state index is 5.02. The summed E-state index contributed by atoms with van der Waals surface area (Å²) >= 11 is 1.89. The lowest BCUT2D eigenvalue weighted by molar-refractivity contribution is 1.07. The number of fused-ring (bicyclic) bond motifs is 12. The lowest BCUT2D eigenvalue weighted by Crippen LogP contribution is -2.00. The smallest absolute Gasteiger partial charge is 0.164 e. The fourth-order valence-electron chi connectivity index (χ4n) is 8.70. The zero-order valence-corrected chi connectivity index (χ0v) is 31.4. The fraction of sp³-hybridized carbons (Fsp3) is 0. The molecule has 0 saturated carbocycles. The molecule has 266 valence electrons. The number of aromatic nitrogens is 5. The Bertz CT molecular complexity index is 3430. The number of hydrogen-bond acceptors (Lipinski definition) is 4. The lowest BCUT2D eigenvalue weighted by atomic mass is 10.0. The van der Waals surface area contributed by atoms with Gasteiger partial charge in [0.25, 0.3) is 0 Å². The number of benzene rings is 8. The third kappa shape index (κ3) is 4.84. The molecule has 0 bridgehead atoms. The summed E-state index contributed by atoms with van der Waals surface area (Å²) in [6, 6.07) is 66.4. The number of rotatable bonds is 5. The zero-order chi connectivity index (χ0) is 37.5. The molecule has 5 nitrogen and oxygen atoms in total. The molecule has 0 fully saturated rings. The Morgan fingerprint density at radius 1 is 0.333 bits per heavy atom. The minimum atomic E-state index is 0.635. The van der Waals surface area contributed by atoms with E-state index in [0.717, 1.165) is 28.1 Å². The van der Waals surface area contributed by atoms with Crippen LogP contribution in [0.4, 0.5) is 0 Å². The van der Waals surface area contributed by atoms with E-state index in [1.54, 1.807) is 0 Å². The molecule has 0 saturated heterocycles. The van der Waals surface area contributed by atoms with Crippen LogP contribution in [-0.2, 0) is 0 Å². The Hall–Kier alpha value is -7.41. The molecular formula is C51H31N5S. The molecule has 6 heteroatoms. The van der Waals surface area contributed by atoms with Crippen LogP contribution in [0.1, 0.15) is 0 Å². The molecule has 0 aliphatic rings. The van der Waals surface area contributed by atoms with Crippen molar-refractivity contribution in [1.29, 1.82) is 0 Å². The molecule has 4 aromatic heterocycles. The first-order valence-electron chi connectivity index (χ1n) is 19.1. The second-order valence-corrected chi connectivity index (χ2v) is 15.4. The summed E-state index contributed by atoms with van der Waals surface area (Å²) in [7, 11) is 0. The second kappa shape index (κ2) is 12.6. The van der Waals surface area contributed by atoms with Crippen LogP contribution in [-0.4, -0.2) is 24.1 Å². The number of thiophene rings is 1. The summed E-state index contributed by atoms with van der Waals surface area (Å²) in [6.07, 6.45) is 0. The molecule has 0 unspecified atom stereocenters. The van der Waals surface area contributed by atoms with E-state index in [1.165, 1.54) is 63.8 Å². The number of hydrogen-bond donors (Lipinski definition) is 0. The molecule has 4 heterocycles. The summed E-state index contributed by atoms with van der Waals surface area (Å²) < 4.78 is 7.54. The summed E-state index contributed by atoms with van der Waals surface area (Å²) in [6.45, 7) is 0. The van der Waals surface area contributed by atoms with Gasteiger partial charge in [0.1, 0.15) is 0 Å². The molecule has 12 rings (SSSR count). The summed E-state index contributed by atoms with van der Waals surface area (Å²) in [5.41, 5.74) is 9.84. The molecule has 0 atom stereocenters. The van der Waals surface area contributed by atoms with Gasteiger partial charge < -0.3 is 9.13 Å². The first-order chi connectivity index (χ1) is 28.3. The van der Waals surface area contributed by atoms with Gasteiger partial charge in [-0.15, -0.1) is 11.3 Å². The quantitative estimate of drug-likeness (QED) is 0.176. The third-order valence-electron chi connectivity index (χ3n) is 11.1. The summed E-state index contributed by atoms with van der Waals surface area (Å²) in [4.78, 5) is 15.0. The number of para-hydroxylation sites is 3. The van der Waals surface area contributed by atoms with Gasteiger partial charge in [-0.2, -0.15) is 0 Å². The molecule has 0 radical (unpaired) electrons. The Morgan fingerprint density at radius 2 is 0.772 bits per heavy atom. The molecule has 0 amide bonds. The van der Waals surface area contributed by atoms with Gasteiger partial charge in [-0.05, 0) is 54.6 Å². The van der Waals surface area contributed by atoms with E-state index in [-0.39, 0.29) is 0 Å². The number of nitrogens with zero attached hydrogens (tertiary/aromatic N) is 5. The van der Waals surface area contributed by atoms with Crippen LogP contribution < -0.4 is 0 Å². The van der Waals surface area contributed by atoms with Gasteiger partial charge in [-0.1, -0.05) is 133 Å². The minimum absolute atomic E-state index is 0.635. The maximum Gasteiger partial charge on any atom is 0.164 e. The average molecular weight is 746 g/mol. The Morgan fingerprint density at radius 3 is 1.37 bits per heavy atom. The summed E-state index contributed by atoms with van der Waals surface area (Å²) in [5.74, 6) is 1.93. The van der Waals surface area contributed by atoms with Crippen molar-refractivity contribution in [3.05, 3.63) is 188 Å². The van der Waals surface area contributed by atoms with Crippen molar-refractivity contribution >= 4 is 75.1 Å². The van der Waals surface area contributed by atoms with Crippen LogP contribution >= 0.6 is 11.3 Å². The van der Waals surface area contributed by atoms with Crippen LogP contribution in [0.15, 0.2) is 188 Å². The van der Waals surface area contributed by atoms with Crippen molar-refractivity contribution in [2.75, 3.05) is 0 Å². The van der Waals surface area contributed by atoms with E-state index in [0.29, 0.717) is 17.5 Å². The molecule has 57 heavy (non-hydrogen) atoms. The molecule has 0 N–H and O–H groups in total. The predicted octanol–water partition coefficient (Wildman–Crippen LogP) is 13.4. The van der Waals surface area contributed by atoms with Crippen molar-refractivity contribution in [1.82, 2.24) is 24.1 Å². The first kappa shape index (κ1) is 31.9. The standard InChI is InChI=1S/C51H31N5S/c1-4-16-32(17-5-1)49-52-50(33-18-6-2-7-19-33)54-51(53-49)34-28-30-36(31-29-34)55-40-25-13-10-22-37(40)43-44-39-24-12-15-27-42(39)57-48(44)47-45(46(43)55)38-23-11-14-26-41(38)56(47)35-20-8-3-9-21-35/h1-31H.